The molecule has 8 heteroatoms. The number of nitrogens with zero attached hydrogens (tertiary/aromatic N) is 3. The van der Waals surface area contributed by atoms with Crippen molar-refractivity contribution >= 4 is 11.6 Å². The van der Waals surface area contributed by atoms with Crippen LogP contribution in [0, 0.1) is 0 Å². The predicted octanol–water partition coefficient (Wildman–Crippen LogP) is 4.27. The molecule has 0 saturated carbocycles. The summed E-state index contributed by atoms with van der Waals surface area (Å²) in [7, 11) is 3.15. The van der Waals surface area contributed by atoms with E-state index in [1.54, 1.807) is 11.7 Å². The monoisotopic (exact) mass is 387 g/mol. The highest BCUT2D eigenvalue weighted by Crippen LogP contribution is 2.39. The maximum Gasteiger partial charge on any atom is 0.416 e. The molecule has 0 aliphatic carbocycles. The number of aryl methyl sites for hydroxylation is 1. The summed E-state index contributed by atoms with van der Waals surface area (Å²) in [4.78, 5) is 14.2. The smallest absolute Gasteiger partial charge is 0.416 e. The number of alkyl halides is 3. The van der Waals surface area contributed by atoms with Gasteiger partial charge in [-0.05, 0) is 30.3 Å². The number of benzene rings is 2. The zero-order chi connectivity index (χ0) is 20.1. The summed E-state index contributed by atoms with van der Waals surface area (Å²) < 4.78 is 46.3. The standard InChI is InChI=1S/C20H16F3N3O2/c1-25(13-7-5-6-12(10-13)20(21,22)23)19(27)17-15-11-28-16-9-4-3-8-14(16)18(15)26(2)24-17/h3-10H,11H2,1-2H3. The van der Waals surface area contributed by atoms with Crippen LogP contribution in [0.15, 0.2) is 48.5 Å². The molecule has 0 radical (unpaired) electrons. The van der Waals surface area contributed by atoms with Crippen LogP contribution in [0.3, 0.4) is 0 Å². The Morgan fingerprint density at radius 3 is 2.68 bits per heavy atom. The maximum atomic E-state index is 13.0. The first kappa shape index (κ1) is 18.1. The number of hydrogen-bond donors (Lipinski definition) is 0. The Hall–Kier alpha value is -3.29. The van der Waals surface area contributed by atoms with Gasteiger partial charge in [0, 0.05) is 30.9 Å². The van der Waals surface area contributed by atoms with Gasteiger partial charge in [-0.1, -0.05) is 18.2 Å². The van der Waals surface area contributed by atoms with Gasteiger partial charge in [-0.25, -0.2) is 0 Å². The fourth-order valence-electron chi connectivity index (χ4n) is 3.32. The van der Waals surface area contributed by atoms with Gasteiger partial charge in [0.05, 0.1) is 11.3 Å². The first-order valence-corrected chi connectivity index (χ1v) is 8.50. The summed E-state index contributed by atoms with van der Waals surface area (Å²) in [5, 5.41) is 4.33. The lowest BCUT2D eigenvalue weighted by molar-refractivity contribution is -0.137. The molecule has 0 atom stereocenters. The molecule has 1 aromatic heterocycles. The number of carbonyl (C=O) groups is 1. The van der Waals surface area contributed by atoms with E-state index in [2.05, 4.69) is 5.10 Å². The van der Waals surface area contributed by atoms with Crippen LogP contribution < -0.4 is 9.64 Å². The number of rotatable bonds is 2. The lowest BCUT2D eigenvalue weighted by Gasteiger charge is -2.20. The van der Waals surface area contributed by atoms with E-state index in [0.717, 1.165) is 23.4 Å². The Morgan fingerprint density at radius 1 is 1.18 bits per heavy atom. The highest BCUT2D eigenvalue weighted by molar-refractivity contribution is 6.06. The molecule has 144 valence electrons. The van der Waals surface area contributed by atoms with Crippen molar-refractivity contribution in [1.82, 2.24) is 9.78 Å². The first-order valence-electron chi connectivity index (χ1n) is 8.50. The quantitative estimate of drug-likeness (QED) is 0.660. The molecule has 0 bridgehead atoms. The average molecular weight is 387 g/mol. The van der Waals surface area contributed by atoms with Gasteiger partial charge >= 0.3 is 6.18 Å². The Labute approximate surface area is 159 Å². The molecule has 3 aromatic rings. The second-order valence-corrected chi connectivity index (χ2v) is 6.50. The Bertz CT molecular complexity index is 1070. The Morgan fingerprint density at radius 2 is 1.93 bits per heavy atom. The molecule has 2 heterocycles. The molecule has 0 spiro atoms. The third-order valence-corrected chi connectivity index (χ3v) is 4.73. The molecule has 1 amide bonds. The van der Waals surface area contributed by atoms with Crippen LogP contribution in [0.4, 0.5) is 18.9 Å². The van der Waals surface area contributed by atoms with Gasteiger partial charge in [0.1, 0.15) is 12.4 Å². The lowest BCUT2D eigenvalue weighted by Crippen LogP contribution is -2.28. The van der Waals surface area contributed by atoms with E-state index < -0.39 is 17.6 Å². The molecule has 1 aliphatic rings. The molecule has 5 nitrogen and oxygen atoms in total. The summed E-state index contributed by atoms with van der Waals surface area (Å²) in [6.45, 7) is 0.164. The average Bonchev–Trinajstić information content (AvgIpc) is 3.03. The Kier molecular flexibility index (Phi) is 4.14. The van der Waals surface area contributed by atoms with Crippen LogP contribution in [0.25, 0.3) is 11.3 Å². The van der Waals surface area contributed by atoms with Gasteiger partial charge in [0.25, 0.3) is 5.91 Å². The van der Waals surface area contributed by atoms with Crippen molar-refractivity contribution in [3.05, 3.63) is 65.4 Å². The second-order valence-electron chi connectivity index (χ2n) is 6.50. The zero-order valence-electron chi connectivity index (χ0n) is 15.1. The van der Waals surface area contributed by atoms with Crippen molar-refractivity contribution in [2.45, 2.75) is 12.8 Å². The van der Waals surface area contributed by atoms with Crippen molar-refractivity contribution in [1.29, 1.82) is 0 Å². The fraction of sp³-hybridized carbons (Fsp3) is 0.200. The van der Waals surface area contributed by atoms with Crippen LogP contribution in [-0.2, 0) is 19.8 Å². The summed E-state index contributed by atoms with van der Waals surface area (Å²) in [6.07, 6.45) is -4.48. The SMILES string of the molecule is CN(C(=O)c1nn(C)c2c1COc1ccccc1-2)c1cccc(C(F)(F)F)c1. The van der Waals surface area contributed by atoms with E-state index in [0.29, 0.717) is 11.3 Å². The van der Waals surface area contributed by atoms with Crippen molar-refractivity contribution in [2.75, 3.05) is 11.9 Å². The van der Waals surface area contributed by atoms with Crippen molar-refractivity contribution in [3.63, 3.8) is 0 Å². The number of ether oxygens (including phenoxy) is 1. The van der Waals surface area contributed by atoms with E-state index in [4.69, 9.17) is 4.74 Å². The third-order valence-electron chi connectivity index (χ3n) is 4.73. The van der Waals surface area contributed by atoms with Crippen LogP contribution in [-0.4, -0.2) is 22.7 Å². The van der Waals surface area contributed by atoms with E-state index in [-0.39, 0.29) is 18.0 Å². The van der Waals surface area contributed by atoms with Gasteiger partial charge in [-0.3, -0.25) is 9.48 Å². The number of hydrogen-bond acceptors (Lipinski definition) is 3. The molecule has 0 unspecified atom stereocenters. The topological polar surface area (TPSA) is 47.4 Å². The molecular formula is C20H16F3N3O2. The Balaban J connectivity index is 1.73. The van der Waals surface area contributed by atoms with Gasteiger partial charge in [0.15, 0.2) is 5.69 Å². The second kappa shape index (κ2) is 6.40. The first-order chi connectivity index (χ1) is 13.3. The predicted molar refractivity (Wildman–Crippen MR) is 97.2 cm³/mol. The van der Waals surface area contributed by atoms with Crippen molar-refractivity contribution in [3.8, 4) is 17.0 Å². The molecular weight excluding hydrogens is 371 g/mol. The van der Waals surface area contributed by atoms with Gasteiger partial charge < -0.3 is 9.64 Å². The van der Waals surface area contributed by atoms with Crippen LogP contribution >= 0.6 is 0 Å². The number of anilines is 1. The van der Waals surface area contributed by atoms with Crippen molar-refractivity contribution in [2.24, 2.45) is 7.05 Å². The molecule has 0 saturated heterocycles. The molecule has 1 aliphatic heterocycles. The maximum absolute atomic E-state index is 13.0. The van der Waals surface area contributed by atoms with Gasteiger partial charge in [0.2, 0.25) is 0 Å². The number of aromatic nitrogens is 2. The van der Waals surface area contributed by atoms with Gasteiger partial charge in [-0.2, -0.15) is 18.3 Å². The van der Waals surface area contributed by atoms with Crippen LogP contribution in [0.2, 0.25) is 0 Å². The largest absolute Gasteiger partial charge is 0.488 e. The number of carbonyl (C=O) groups excluding carboxylic acids is 1. The normalized spacial score (nSPS) is 12.8. The molecule has 2 aromatic carbocycles. The zero-order valence-corrected chi connectivity index (χ0v) is 15.1. The van der Waals surface area contributed by atoms with Gasteiger partial charge in [-0.15, -0.1) is 0 Å². The lowest BCUT2D eigenvalue weighted by atomic mass is 10.0. The highest BCUT2D eigenvalue weighted by Gasteiger charge is 2.32. The van der Waals surface area contributed by atoms with E-state index in [1.165, 1.54) is 24.1 Å². The van der Waals surface area contributed by atoms with Crippen LogP contribution in [0.5, 0.6) is 5.75 Å². The number of halogens is 3. The van der Waals surface area contributed by atoms with E-state index in [1.807, 2.05) is 24.3 Å². The minimum Gasteiger partial charge on any atom is -0.488 e. The fourth-order valence-corrected chi connectivity index (χ4v) is 3.32. The number of para-hydroxylation sites is 1. The molecule has 4 rings (SSSR count). The minimum absolute atomic E-state index is 0.136. The summed E-state index contributed by atoms with van der Waals surface area (Å²) in [5.74, 6) is 0.197. The number of fused-ring (bicyclic) bond motifs is 3. The summed E-state index contributed by atoms with van der Waals surface area (Å²) in [5.41, 5.74) is 1.68. The van der Waals surface area contributed by atoms with E-state index in [9.17, 15) is 18.0 Å². The van der Waals surface area contributed by atoms with E-state index >= 15 is 0 Å². The molecule has 0 N–H and O–H groups in total. The van der Waals surface area contributed by atoms with Crippen LogP contribution in [0.1, 0.15) is 21.6 Å². The minimum atomic E-state index is -4.48. The number of amides is 1. The molecule has 0 fully saturated rings. The third kappa shape index (κ3) is 2.90. The summed E-state index contributed by atoms with van der Waals surface area (Å²) in [6, 6.07) is 12.1. The highest BCUT2D eigenvalue weighted by atomic mass is 19.4. The van der Waals surface area contributed by atoms with Crippen molar-refractivity contribution < 1.29 is 22.7 Å². The summed E-state index contributed by atoms with van der Waals surface area (Å²) >= 11 is 0. The molecule has 28 heavy (non-hydrogen) atoms.